The molecular weight excluding hydrogens is 224 g/mol. The van der Waals surface area contributed by atoms with Gasteiger partial charge < -0.3 is 9.64 Å². The maximum atomic E-state index is 11.3. The minimum atomic E-state index is -0.203. The van der Waals surface area contributed by atoms with Crippen LogP contribution in [0.1, 0.15) is 12.5 Å². The number of ether oxygens (including phenoxy) is 1. The van der Waals surface area contributed by atoms with E-state index in [0.717, 1.165) is 9.89 Å². The molecule has 0 amide bonds. The first-order chi connectivity index (χ1) is 7.70. The molecule has 2 heterocycles. The normalized spacial score (nSPS) is 13.8. The smallest absolute Gasteiger partial charge is 0.325 e. The fraction of sp³-hybridized carbons (Fsp3) is 0.455. The van der Waals surface area contributed by atoms with Crippen molar-refractivity contribution in [3.8, 4) is 0 Å². The molecule has 2 rings (SSSR count). The van der Waals surface area contributed by atoms with E-state index in [1.54, 1.807) is 11.3 Å². The predicted molar refractivity (Wildman–Crippen MR) is 62.5 cm³/mol. The molecule has 0 radical (unpaired) electrons. The van der Waals surface area contributed by atoms with Gasteiger partial charge in [-0.2, -0.15) is 0 Å². The van der Waals surface area contributed by atoms with E-state index < -0.39 is 0 Å². The molecule has 1 aromatic rings. The van der Waals surface area contributed by atoms with Gasteiger partial charge >= 0.3 is 5.97 Å². The number of hydrogen-bond acceptors (Lipinski definition) is 5. The molecule has 0 aromatic carbocycles. The molecule has 0 aliphatic carbocycles. The largest absolute Gasteiger partial charge is 0.465 e. The average Bonchev–Trinajstić information content (AvgIpc) is 2.61. The second-order valence-corrected chi connectivity index (χ2v) is 4.48. The van der Waals surface area contributed by atoms with Gasteiger partial charge in [0.15, 0.2) is 0 Å². The van der Waals surface area contributed by atoms with E-state index in [4.69, 9.17) is 4.74 Å². The Hall–Kier alpha value is -1.36. The summed E-state index contributed by atoms with van der Waals surface area (Å²) < 4.78 is 5.96. The summed E-state index contributed by atoms with van der Waals surface area (Å²) in [4.78, 5) is 17.6. The highest BCUT2D eigenvalue weighted by molar-refractivity contribution is 7.07. The van der Waals surface area contributed by atoms with E-state index >= 15 is 0 Å². The van der Waals surface area contributed by atoms with E-state index in [0.29, 0.717) is 13.3 Å². The van der Waals surface area contributed by atoms with Crippen LogP contribution < -0.4 is 9.89 Å². The van der Waals surface area contributed by atoms with Crippen molar-refractivity contribution in [1.29, 1.82) is 0 Å². The molecule has 5 heteroatoms. The number of carbonyl (C=O) groups is 1. The molecule has 4 nitrogen and oxygen atoms in total. The molecule has 0 atom stereocenters. The van der Waals surface area contributed by atoms with Crippen LogP contribution in [0.25, 0.3) is 6.20 Å². The summed E-state index contributed by atoms with van der Waals surface area (Å²) >= 11 is 1.64. The topological polar surface area (TPSA) is 41.9 Å². The van der Waals surface area contributed by atoms with Gasteiger partial charge in [0, 0.05) is 11.4 Å². The maximum absolute atomic E-state index is 11.3. The van der Waals surface area contributed by atoms with Crippen molar-refractivity contribution in [3.63, 3.8) is 0 Å². The molecule has 0 bridgehead atoms. The Balaban J connectivity index is 2.15. The first-order valence-corrected chi connectivity index (χ1v) is 6.08. The second-order valence-electron chi connectivity index (χ2n) is 3.62. The van der Waals surface area contributed by atoms with Crippen molar-refractivity contribution >= 4 is 23.5 Å². The highest BCUT2D eigenvalue weighted by atomic mass is 32.1. The van der Waals surface area contributed by atoms with Gasteiger partial charge in [-0.1, -0.05) is 0 Å². The number of esters is 1. The monoisotopic (exact) mass is 238 g/mol. The lowest BCUT2D eigenvalue weighted by atomic mass is 10.3. The van der Waals surface area contributed by atoms with Gasteiger partial charge in [0.05, 0.1) is 6.61 Å². The molecule has 1 aliphatic heterocycles. The molecule has 1 aromatic heterocycles. The van der Waals surface area contributed by atoms with Crippen LogP contribution in [0.5, 0.6) is 0 Å². The zero-order valence-electron chi connectivity index (χ0n) is 9.40. The summed E-state index contributed by atoms with van der Waals surface area (Å²) in [5.74, 6) is -0.203. The Kier molecular flexibility index (Phi) is 3.24. The quantitative estimate of drug-likeness (QED) is 0.709. The lowest BCUT2D eigenvalue weighted by Crippen LogP contribution is -2.37. The van der Waals surface area contributed by atoms with Crippen LogP contribution in [0.4, 0.5) is 0 Å². The van der Waals surface area contributed by atoms with Crippen LogP contribution in [0.2, 0.25) is 0 Å². The van der Waals surface area contributed by atoms with E-state index in [-0.39, 0.29) is 12.5 Å². The van der Waals surface area contributed by atoms with Gasteiger partial charge in [0.25, 0.3) is 0 Å². The Morgan fingerprint density at radius 3 is 3.25 bits per heavy atom. The van der Waals surface area contributed by atoms with Crippen LogP contribution in [0, 0.1) is 6.92 Å². The Bertz CT molecular complexity index is 507. The maximum Gasteiger partial charge on any atom is 0.325 e. The summed E-state index contributed by atoms with van der Waals surface area (Å²) in [5.41, 5.74) is 1.21. The van der Waals surface area contributed by atoms with Crippen molar-refractivity contribution in [2.75, 3.05) is 19.8 Å². The van der Waals surface area contributed by atoms with Crippen molar-refractivity contribution in [2.45, 2.75) is 13.8 Å². The lowest BCUT2D eigenvalue weighted by molar-refractivity contribution is -0.143. The van der Waals surface area contributed by atoms with Crippen LogP contribution in [-0.2, 0) is 9.53 Å². The number of hydrogen-bond donors (Lipinski definition) is 0. The fourth-order valence-electron chi connectivity index (χ4n) is 1.57. The van der Waals surface area contributed by atoms with Gasteiger partial charge in [0.1, 0.15) is 17.9 Å². The zero-order chi connectivity index (χ0) is 11.5. The second kappa shape index (κ2) is 4.65. The number of thiophene rings is 1. The summed E-state index contributed by atoms with van der Waals surface area (Å²) in [6.07, 6.45) is 1.99. The van der Waals surface area contributed by atoms with Gasteiger partial charge in [-0.25, -0.2) is 0 Å². The molecule has 0 saturated carbocycles. The van der Waals surface area contributed by atoms with E-state index in [1.807, 2.05) is 18.0 Å². The molecular formula is C11H14N2O2S. The van der Waals surface area contributed by atoms with Gasteiger partial charge in [-0.3, -0.25) is 9.79 Å². The van der Waals surface area contributed by atoms with Gasteiger partial charge in [-0.15, -0.1) is 11.3 Å². The number of fused-ring (bicyclic) bond motifs is 1. The molecule has 16 heavy (non-hydrogen) atoms. The molecule has 0 unspecified atom stereocenters. The number of aryl methyl sites for hydroxylation is 1. The minimum absolute atomic E-state index is 0.203. The third kappa shape index (κ3) is 2.24. The highest BCUT2D eigenvalue weighted by Crippen LogP contribution is 1.99. The van der Waals surface area contributed by atoms with Crippen molar-refractivity contribution in [3.05, 3.63) is 20.8 Å². The Labute approximate surface area is 97.9 Å². The molecule has 86 valence electrons. The minimum Gasteiger partial charge on any atom is -0.465 e. The number of carbonyl (C=O) groups excluding carboxylic acids is 1. The lowest BCUT2D eigenvalue weighted by Gasteiger charge is -2.18. The summed E-state index contributed by atoms with van der Waals surface area (Å²) in [5, 5.41) is 3.21. The first kappa shape index (κ1) is 11.1. The molecule has 1 aliphatic rings. The first-order valence-electron chi connectivity index (χ1n) is 5.21. The predicted octanol–water partition coefficient (Wildman–Crippen LogP) is 0.250. The third-order valence-corrected chi connectivity index (χ3v) is 3.39. The number of rotatable bonds is 3. The van der Waals surface area contributed by atoms with E-state index in [1.165, 1.54) is 5.56 Å². The van der Waals surface area contributed by atoms with Crippen molar-refractivity contribution in [2.24, 2.45) is 4.99 Å². The fourth-order valence-corrected chi connectivity index (χ4v) is 2.45. The molecule has 0 N–H and O–H groups in total. The standard InChI is InChI=1S/C11H14N2O2S/c1-3-15-10(14)5-13-4-9-8(2)6-16-11(9)12-7-13/h4,6H,3,5,7H2,1-2H3. The number of nitrogens with zero attached hydrogens (tertiary/aromatic N) is 2. The molecule has 0 fully saturated rings. The van der Waals surface area contributed by atoms with Crippen LogP contribution in [0.15, 0.2) is 10.4 Å². The van der Waals surface area contributed by atoms with E-state index in [9.17, 15) is 4.79 Å². The van der Waals surface area contributed by atoms with Gasteiger partial charge in [0.2, 0.25) is 0 Å². The van der Waals surface area contributed by atoms with Gasteiger partial charge in [-0.05, 0) is 24.8 Å². The van der Waals surface area contributed by atoms with Crippen LogP contribution in [0.3, 0.4) is 0 Å². The Morgan fingerprint density at radius 2 is 2.50 bits per heavy atom. The van der Waals surface area contributed by atoms with Crippen LogP contribution in [-0.4, -0.2) is 30.7 Å². The third-order valence-electron chi connectivity index (χ3n) is 2.35. The average molecular weight is 238 g/mol. The SMILES string of the molecule is CCOC(=O)CN1C=c2c(C)csc2=NC1. The Morgan fingerprint density at radius 1 is 1.69 bits per heavy atom. The summed E-state index contributed by atoms with van der Waals surface area (Å²) in [7, 11) is 0. The summed E-state index contributed by atoms with van der Waals surface area (Å²) in [6.45, 7) is 5.09. The summed E-state index contributed by atoms with van der Waals surface area (Å²) in [6, 6.07) is 0. The molecule has 0 spiro atoms. The van der Waals surface area contributed by atoms with Crippen molar-refractivity contribution in [1.82, 2.24) is 4.90 Å². The van der Waals surface area contributed by atoms with Crippen molar-refractivity contribution < 1.29 is 9.53 Å². The van der Waals surface area contributed by atoms with Crippen LogP contribution >= 0.6 is 11.3 Å². The zero-order valence-corrected chi connectivity index (χ0v) is 10.2. The molecule has 0 saturated heterocycles. The van der Waals surface area contributed by atoms with E-state index in [2.05, 4.69) is 17.3 Å². The highest BCUT2D eigenvalue weighted by Gasteiger charge is 2.11.